The summed E-state index contributed by atoms with van der Waals surface area (Å²) in [6, 6.07) is 9.79. The van der Waals surface area contributed by atoms with Gasteiger partial charge in [-0.3, -0.25) is 0 Å². The van der Waals surface area contributed by atoms with Gasteiger partial charge in [-0.25, -0.2) is 4.79 Å². The number of carbonyl (C=O) groups is 1. The summed E-state index contributed by atoms with van der Waals surface area (Å²) in [5.74, 6) is 0.147. The third-order valence-electron chi connectivity index (χ3n) is 4.73. The van der Waals surface area contributed by atoms with Crippen LogP contribution in [0.3, 0.4) is 0 Å². The van der Waals surface area contributed by atoms with Crippen LogP contribution in [0.2, 0.25) is 18.1 Å². The van der Waals surface area contributed by atoms with Gasteiger partial charge in [0.05, 0.1) is 0 Å². The summed E-state index contributed by atoms with van der Waals surface area (Å²) >= 11 is 0. The van der Waals surface area contributed by atoms with Gasteiger partial charge in [-0.2, -0.15) is 0 Å². The van der Waals surface area contributed by atoms with Gasteiger partial charge in [0.25, 0.3) is 0 Å². The van der Waals surface area contributed by atoms with Crippen molar-refractivity contribution in [2.24, 2.45) is 5.92 Å². The van der Waals surface area contributed by atoms with E-state index in [1.165, 1.54) is 0 Å². The van der Waals surface area contributed by atoms with Crippen LogP contribution in [0.25, 0.3) is 0 Å². The van der Waals surface area contributed by atoms with Crippen molar-refractivity contribution in [1.82, 2.24) is 0 Å². The highest BCUT2D eigenvalue weighted by atomic mass is 28.4. The molecule has 0 unspecified atom stereocenters. The molecule has 0 bridgehead atoms. The maximum absolute atomic E-state index is 12.5. The van der Waals surface area contributed by atoms with Crippen LogP contribution in [0, 0.1) is 5.92 Å². The Kier molecular flexibility index (Phi) is 5.13. The van der Waals surface area contributed by atoms with Gasteiger partial charge < -0.3 is 9.16 Å². The molecule has 0 spiro atoms. The summed E-state index contributed by atoms with van der Waals surface area (Å²) < 4.78 is 11.8. The minimum absolute atomic E-state index is 0.0971. The fourth-order valence-corrected chi connectivity index (χ4v) is 3.32. The maximum atomic E-state index is 12.5. The van der Waals surface area contributed by atoms with Gasteiger partial charge in [0.15, 0.2) is 8.32 Å². The van der Waals surface area contributed by atoms with E-state index >= 15 is 0 Å². The minimum Gasteiger partial charge on any atom is -0.459 e. The molecule has 0 saturated heterocycles. The van der Waals surface area contributed by atoms with Crippen molar-refractivity contribution in [3.8, 4) is 0 Å². The highest BCUT2D eigenvalue weighted by molar-refractivity contribution is 6.74. The Bertz CT molecular complexity index is 501. The number of hydrogen-bond acceptors (Lipinski definition) is 3. The fourth-order valence-electron chi connectivity index (χ4n) is 2.04. The van der Waals surface area contributed by atoms with Crippen molar-refractivity contribution in [2.45, 2.75) is 64.5 Å². The second-order valence-electron chi connectivity index (χ2n) is 7.73. The Morgan fingerprint density at radius 2 is 1.82 bits per heavy atom. The van der Waals surface area contributed by atoms with Gasteiger partial charge in [0.2, 0.25) is 0 Å². The average Bonchev–Trinajstić information content (AvgIpc) is 3.26. The molecule has 1 aliphatic carbocycles. The normalized spacial score (nSPS) is 17.1. The summed E-state index contributed by atoms with van der Waals surface area (Å²) in [4.78, 5) is 12.5. The Morgan fingerprint density at radius 1 is 1.23 bits per heavy atom. The third kappa shape index (κ3) is 4.43. The van der Waals surface area contributed by atoms with Crippen molar-refractivity contribution < 1.29 is 14.0 Å². The summed E-state index contributed by atoms with van der Waals surface area (Å²) in [5, 5.41) is 0.0971. The van der Waals surface area contributed by atoms with Gasteiger partial charge in [-0.05, 0) is 42.5 Å². The molecule has 0 aliphatic heterocycles. The lowest BCUT2D eigenvalue weighted by Crippen LogP contribution is -2.47. The van der Waals surface area contributed by atoms with Gasteiger partial charge >= 0.3 is 5.97 Å². The zero-order valence-corrected chi connectivity index (χ0v) is 15.4. The summed E-state index contributed by atoms with van der Waals surface area (Å²) in [6.45, 7) is 11.3. The fraction of sp³-hybridized carbons (Fsp3) is 0.611. The smallest absolute Gasteiger partial charge is 0.334 e. The van der Waals surface area contributed by atoms with Crippen molar-refractivity contribution in [2.75, 3.05) is 0 Å². The number of hydrogen-bond donors (Lipinski definition) is 0. The standard InChI is InChI=1S/C18H28O3Si/c1-18(2,3)22(4,5)21-16(15-11-12-15)17(19)20-13-14-9-7-6-8-10-14/h6-10,15-16H,11-13H2,1-5H3/t16-/m0/s1. The van der Waals surface area contributed by atoms with Gasteiger partial charge in [-0.1, -0.05) is 51.1 Å². The average molecular weight is 321 g/mol. The molecule has 22 heavy (non-hydrogen) atoms. The van der Waals surface area contributed by atoms with E-state index in [-0.39, 0.29) is 17.1 Å². The molecule has 0 heterocycles. The van der Waals surface area contributed by atoms with Crippen molar-refractivity contribution in [3.63, 3.8) is 0 Å². The zero-order chi connectivity index (χ0) is 16.4. The first-order valence-electron chi connectivity index (χ1n) is 8.09. The lowest BCUT2D eigenvalue weighted by atomic mass is 10.2. The molecule has 2 rings (SSSR count). The highest BCUT2D eigenvalue weighted by Gasteiger charge is 2.46. The van der Waals surface area contributed by atoms with Gasteiger partial charge in [0.1, 0.15) is 12.7 Å². The second-order valence-corrected chi connectivity index (χ2v) is 12.5. The molecule has 1 aliphatic rings. The molecule has 1 aromatic rings. The Hall–Kier alpha value is -1.13. The predicted molar refractivity (Wildman–Crippen MR) is 91.0 cm³/mol. The minimum atomic E-state index is -1.96. The van der Waals surface area contributed by atoms with Crippen molar-refractivity contribution in [1.29, 1.82) is 0 Å². The molecule has 1 fully saturated rings. The first-order chi connectivity index (χ1) is 10.2. The van der Waals surface area contributed by atoms with Crippen LogP contribution >= 0.6 is 0 Å². The van der Waals surface area contributed by atoms with E-state index in [1.54, 1.807) is 0 Å². The van der Waals surface area contributed by atoms with E-state index in [0.29, 0.717) is 12.5 Å². The highest BCUT2D eigenvalue weighted by Crippen LogP contribution is 2.42. The molecule has 1 aromatic carbocycles. The van der Waals surface area contributed by atoms with Crippen LogP contribution in [-0.4, -0.2) is 20.4 Å². The topological polar surface area (TPSA) is 35.5 Å². The molecule has 3 nitrogen and oxygen atoms in total. The first-order valence-corrected chi connectivity index (χ1v) is 11.0. The van der Waals surface area contributed by atoms with E-state index in [4.69, 9.17) is 9.16 Å². The van der Waals surface area contributed by atoms with Crippen LogP contribution in [-0.2, 0) is 20.6 Å². The Morgan fingerprint density at radius 3 is 2.32 bits per heavy atom. The number of benzene rings is 1. The van der Waals surface area contributed by atoms with E-state index in [9.17, 15) is 4.79 Å². The summed E-state index contributed by atoms with van der Waals surface area (Å²) in [5.41, 5.74) is 1.01. The molecule has 0 radical (unpaired) electrons. The molecule has 0 aromatic heterocycles. The lowest BCUT2D eigenvalue weighted by Gasteiger charge is -2.38. The number of carbonyl (C=O) groups excluding carboxylic acids is 1. The monoisotopic (exact) mass is 320 g/mol. The van der Waals surface area contributed by atoms with E-state index in [1.807, 2.05) is 30.3 Å². The molecular formula is C18H28O3Si. The molecule has 0 N–H and O–H groups in total. The summed E-state index contributed by atoms with van der Waals surface area (Å²) in [6.07, 6.45) is 1.75. The Balaban J connectivity index is 1.98. The second kappa shape index (κ2) is 6.55. The molecule has 1 saturated carbocycles. The van der Waals surface area contributed by atoms with E-state index < -0.39 is 8.32 Å². The van der Waals surface area contributed by atoms with Crippen molar-refractivity contribution in [3.05, 3.63) is 35.9 Å². The Labute approximate surface area is 135 Å². The van der Waals surface area contributed by atoms with E-state index in [0.717, 1.165) is 18.4 Å². The molecular weight excluding hydrogens is 292 g/mol. The summed E-state index contributed by atoms with van der Waals surface area (Å²) in [7, 11) is -1.96. The number of esters is 1. The molecule has 0 amide bonds. The molecule has 1 atom stereocenters. The van der Waals surface area contributed by atoms with Crippen LogP contribution in [0.5, 0.6) is 0 Å². The van der Waals surface area contributed by atoms with Gasteiger partial charge in [-0.15, -0.1) is 0 Å². The maximum Gasteiger partial charge on any atom is 0.334 e. The predicted octanol–water partition coefficient (Wildman–Crippen LogP) is 4.53. The van der Waals surface area contributed by atoms with Crippen LogP contribution in [0.1, 0.15) is 39.2 Å². The van der Waals surface area contributed by atoms with Crippen LogP contribution in [0.15, 0.2) is 30.3 Å². The first kappa shape index (κ1) is 17.2. The quantitative estimate of drug-likeness (QED) is 0.570. The van der Waals surface area contributed by atoms with Crippen molar-refractivity contribution >= 4 is 14.3 Å². The molecule has 4 heteroatoms. The third-order valence-corrected chi connectivity index (χ3v) is 9.19. The lowest BCUT2D eigenvalue weighted by molar-refractivity contribution is -0.155. The SMILES string of the molecule is CC(C)(C)[Si](C)(C)O[C@H](C(=O)OCc1ccccc1)C1CC1. The van der Waals surface area contributed by atoms with Gasteiger partial charge in [0, 0.05) is 0 Å². The molecule has 122 valence electrons. The largest absolute Gasteiger partial charge is 0.459 e. The number of ether oxygens (including phenoxy) is 1. The van der Waals surface area contributed by atoms with Crippen LogP contribution in [0.4, 0.5) is 0 Å². The number of rotatable bonds is 6. The zero-order valence-electron chi connectivity index (χ0n) is 14.4. The van der Waals surface area contributed by atoms with Crippen LogP contribution < -0.4 is 0 Å². The van der Waals surface area contributed by atoms with E-state index in [2.05, 4.69) is 33.9 Å².